The number of carboxylic acids is 2. The first-order chi connectivity index (χ1) is 9.31. The average Bonchev–Trinajstić information content (AvgIpc) is 2.33. The van der Waals surface area contributed by atoms with Crippen molar-refractivity contribution in [2.24, 2.45) is 0 Å². The topological polar surface area (TPSA) is 130 Å². The summed E-state index contributed by atoms with van der Waals surface area (Å²) in [5.74, 6) is -3.05. The number of anilines is 1. The lowest BCUT2D eigenvalue weighted by Gasteiger charge is -2.14. The summed E-state index contributed by atoms with van der Waals surface area (Å²) in [5, 5.41) is 19.8. The number of carbonyl (C=O) groups is 3. The van der Waals surface area contributed by atoms with Crippen molar-refractivity contribution < 1.29 is 24.6 Å². The lowest BCUT2D eigenvalue weighted by molar-refractivity contribution is -0.140. The van der Waals surface area contributed by atoms with E-state index < -0.39 is 23.9 Å². The van der Waals surface area contributed by atoms with Gasteiger partial charge in [-0.15, -0.1) is 0 Å². The van der Waals surface area contributed by atoms with Crippen LogP contribution >= 0.6 is 0 Å². The van der Waals surface area contributed by atoms with E-state index in [0.29, 0.717) is 0 Å². The fraction of sp³-hybridized carbons (Fsp3) is 0.308. The van der Waals surface area contributed by atoms with Gasteiger partial charge in [-0.3, -0.25) is 9.59 Å². The summed E-state index contributed by atoms with van der Waals surface area (Å²) in [7, 11) is 0. The molecule has 108 valence electrons. The monoisotopic (exact) mass is 280 g/mol. The van der Waals surface area contributed by atoms with Crippen LogP contribution in [-0.2, 0) is 9.59 Å². The minimum atomic E-state index is -1.29. The molecule has 5 N–H and O–H groups in total. The smallest absolute Gasteiger partial charge is 0.326 e. The summed E-state index contributed by atoms with van der Waals surface area (Å²) >= 11 is 0. The number of carbonyl (C=O) groups excluding carboxylic acids is 1. The zero-order chi connectivity index (χ0) is 15.3. The predicted molar refractivity (Wildman–Crippen MR) is 71.4 cm³/mol. The maximum atomic E-state index is 11.9. The normalized spacial score (nSPS) is 11.7. The van der Waals surface area contributed by atoms with Gasteiger partial charge < -0.3 is 21.3 Å². The molecule has 0 fully saturated rings. The van der Waals surface area contributed by atoms with Crippen LogP contribution in [0.25, 0.3) is 0 Å². The molecule has 1 unspecified atom stereocenters. The second-order valence-corrected chi connectivity index (χ2v) is 4.39. The minimum Gasteiger partial charge on any atom is -0.481 e. The van der Waals surface area contributed by atoms with Crippen molar-refractivity contribution in [3.8, 4) is 0 Å². The molecule has 0 aliphatic carbocycles. The van der Waals surface area contributed by atoms with Gasteiger partial charge in [-0.2, -0.15) is 0 Å². The maximum Gasteiger partial charge on any atom is 0.326 e. The van der Waals surface area contributed by atoms with Gasteiger partial charge in [0.15, 0.2) is 0 Å². The highest BCUT2D eigenvalue weighted by molar-refractivity contribution is 6.00. The summed E-state index contributed by atoms with van der Waals surface area (Å²) < 4.78 is 0. The number of rotatable bonds is 6. The molecule has 20 heavy (non-hydrogen) atoms. The van der Waals surface area contributed by atoms with Gasteiger partial charge in [0.2, 0.25) is 0 Å². The van der Waals surface area contributed by atoms with Gasteiger partial charge in [0.1, 0.15) is 6.04 Å². The standard InChI is InChI=1S/C13H16N2O5/c1-7-2-3-8(9(14)6-7)12(18)15-10(13(19)20)4-5-11(16)17/h2-3,6,10H,4-5,14H2,1H3,(H,15,18)(H,16,17)(H,19,20). The molecule has 7 heteroatoms. The Bertz CT molecular complexity index is 542. The van der Waals surface area contributed by atoms with E-state index in [0.717, 1.165) is 5.56 Å². The molecule has 0 aliphatic heterocycles. The van der Waals surface area contributed by atoms with Crippen LogP contribution in [0, 0.1) is 6.92 Å². The highest BCUT2D eigenvalue weighted by Gasteiger charge is 2.22. The Labute approximate surface area is 115 Å². The van der Waals surface area contributed by atoms with Gasteiger partial charge in [-0.05, 0) is 31.0 Å². The van der Waals surface area contributed by atoms with Crippen molar-refractivity contribution in [2.75, 3.05) is 5.73 Å². The van der Waals surface area contributed by atoms with Crippen LogP contribution in [0.1, 0.15) is 28.8 Å². The molecule has 0 spiro atoms. The molecule has 0 saturated carbocycles. The number of aryl methyl sites for hydroxylation is 1. The Kier molecular flexibility index (Phi) is 5.08. The lowest BCUT2D eigenvalue weighted by Crippen LogP contribution is -2.41. The van der Waals surface area contributed by atoms with Crippen LogP contribution in [-0.4, -0.2) is 34.1 Å². The van der Waals surface area contributed by atoms with Crippen LogP contribution in [0.5, 0.6) is 0 Å². The number of benzene rings is 1. The van der Waals surface area contributed by atoms with Crippen LogP contribution < -0.4 is 11.1 Å². The van der Waals surface area contributed by atoms with Gasteiger partial charge in [0.05, 0.1) is 5.56 Å². The number of nitrogens with one attached hydrogen (secondary N) is 1. The van der Waals surface area contributed by atoms with E-state index in [1.807, 2.05) is 6.92 Å². The summed E-state index contributed by atoms with van der Waals surface area (Å²) in [6.07, 6.45) is -0.539. The van der Waals surface area contributed by atoms with E-state index in [1.54, 1.807) is 12.1 Å². The van der Waals surface area contributed by atoms with Gasteiger partial charge in [-0.1, -0.05) is 6.07 Å². The molecule has 1 rings (SSSR count). The summed E-state index contributed by atoms with van der Waals surface area (Å²) in [6, 6.07) is 3.51. The molecule has 1 atom stereocenters. The zero-order valence-corrected chi connectivity index (χ0v) is 10.9. The van der Waals surface area contributed by atoms with Gasteiger partial charge in [0, 0.05) is 12.1 Å². The molecular formula is C13H16N2O5. The Balaban J connectivity index is 2.80. The molecule has 1 aromatic carbocycles. The first kappa shape index (κ1) is 15.5. The Morgan fingerprint density at radius 3 is 2.45 bits per heavy atom. The molecule has 0 saturated heterocycles. The minimum absolute atomic E-state index is 0.164. The van der Waals surface area contributed by atoms with Gasteiger partial charge >= 0.3 is 11.9 Å². The highest BCUT2D eigenvalue weighted by Crippen LogP contribution is 2.14. The quantitative estimate of drug-likeness (QED) is 0.565. The fourth-order valence-corrected chi connectivity index (χ4v) is 1.65. The number of amides is 1. The maximum absolute atomic E-state index is 11.9. The third-order valence-electron chi connectivity index (χ3n) is 2.70. The third kappa shape index (κ3) is 4.27. The molecule has 0 bridgehead atoms. The summed E-state index contributed by atoms with van der Waals surface area (Å²) in [6.45, 7) is 1.81. The van der Waals surface area contributed by atoms with Crippen LogP contribution in [0.15, 0.2) is 18.2 Å². The largest absolute Gasteiger partial charge is 0.481 e. The van der Waals surface area contributed by atoms with Crippen molar-refractivity contribution in [3.63, 3.8) is 0 Å². The number of nitrogen functional groups attached to an aromatic ring is 1. The lowest BCUT2D eigenvalue weighted by atomic mass is 10.1. The predicted octanol–water partition coefficient (Wildman–Crippen LogP) is 0.625. The number of hydrogen-bond acceptors (Lipinski definition) is 4. The van der Waals surface area contributed by atoms with Crippen LogP contribution in [0.3, 0.4) is 0 Å². The van der Waals surface area contributed by atoms with E-state index >= 15 is 0 Å². The van der Waals surface area contributed by atoms with E-state index in [9.17, 15) is 14.4 Å². The molecule has 0 aromatic heterocycles. The summed E-state index contributed by atoms with van der Waals surface area (Å²) in [4.78, 5) is 33.4. The van der Waals surface area contributed by atoms with Crippen LogP contribution in [0.4, 0.5) is 5.69 Å². The number of aliphatic carboxylic acids is 2. The summed E-state index contributed by atoms with van der Waals surface area (Å²) in [5.41, 5.74) is 6.97. The first-order valence-electron chi connectivity index (χ1n) is 5.93. The van der Waals surface area contributed by atoms with Crippen molar-refractivity contribution in [1.82, 2.24) is 5.32 Å². The third-order valence-corrected chi connectivity index (χ3v) is 2.70. The van der Waals surface area contributed by atoms with Crippen LogP contribution in [0.2, 0.25) is 0 Å². The molecule has 1 aromatic rings. The Hall–Kier alpha value is -2.57. The second kappa shape index (κ2) is 6.55. The van der Waals surface area contributed by atoms with Gasteiger partial charge in [-0.25, -0.2) is 4.79 Å². The number of carboxylic acid groups (broad SMARTS) is 2. The highest BCUT2D eigenvalue weighted by atomic mass is 16.4. The van der Waals surface area contributed by atoms with Gasteiger partial charge in [0.25, 0.3) is 5.91 Å². The van der Waals surface area contributed by atoms with E-state index in [2.05, 4.69) is 5.32 Å². The van der Waals surface area contributed by atoms with Crippen molar-refractivity contribution >= 4 is 23.5 Å². The van der Waals surface area contributed by atoms with E-state index in [1.165, 1.54) is 6.07 Å². The first-order valence-corrected chi connectivity index (χ1v) is 5.93. The van der Waals surface area contributed by atoms with Crippen molar-refractivity contribution in [2.45, 2.75) is 25.8 Å². The second-order valence-electron chi connectivity index (χ2n) is 4.39. The Morgan fingerprint density at radius 1 is 1.30 bits per heavy atom. The molecular weight excluding hydrogens is 264 g/mol. The van der Waals surface area contributed by atoms with E-state index in [-0.39, 0.29) is 24.1 Å². The molecule has 1 amide bonds. The van der Waals surface area contributed by atoms with Crippen molar-refractivity contribution in [1.29, 1.82) is 0 Å². The molecule has 0 aliphatic rings. The average molecular weight is 280 g/mol. The Morgan fingerprint density at radius 2 is 1.95 bits per heavy atom. The molecule has 0 radical (unpaired) electrons. The fourth-order valence-electron chi connectivity index (χ4n) is 1.65. The van der Waals surface area contributed by atoms with Crippen molar-refractivity contribution in [3.05, 3.63) is 29.3 Å². The SMILES string of the molecule is Cc1ccc(C(=O)NC(CCC(=O)O)C(=O)O)c(N)c1. The number of nitrogens with two attached hydrogens (primary N) is 1. The van der Waals surface area contributed by atoms with E-state index in [4.69, 9.17) is 15.9 Å². The zero-order valence-electron chi connectivity index (χ0n) is 10.9. The number of hydrogen-bond donors (Lipinski definition) is 4. The molecule has 0 heterocycles. The molecule has 7 nitrogen and oxygen atoms in total.